The number of carbonyl (C=O) groups is 1. The molecular formula is C11H20O. The molecule has 0 aromatic carbocycles. The Morgan fingerprint density at radius 3 is 2.50 bits per heavy atom. The van der Waals surface area contributed by atoms with Crippen LogP contribution in [0.5, 0.6) is 0 Å². The number of Topliss-reactive ketones (excluding diaryl/α,β-unsaturated/α-hetero) is 1. The van der Waals surface area contributed by atoms with Crippen LogP contribution in [0.4, 0.5) is 0 Å². The molecule has 0 saturated carbocycles. The van der Waals surface area contributed by atoms with Crippen LogP contribution in [0.25, 0.3) is 0 Å². The first kappa shape index (κ1) is 11.4. The molecule has 12 heavy (non-hydrogen) atoms. The summed E-state index contributed by atoms with van der Waals surface area (Å²) in [5.74, 6) is 0.613. The summed E-state index contributed by atoms with van der Waals surface area (Å²) in [6.07, 6.45) is 8.27. The molecule has 0 heterocycles. The summed E-state index contributed by atoms with van der Waals surface area (Å²) in [4.78, 5) is 11.2. The van der Waals surface area contributed by atoms with Crippen molar-refractivity contribution in [3.8, 4) is 0 Å². The molecule has 0 radical (unpaired) electrons. The SMILES string of the molecule is C/C=C\CCCCC(=O)C(C)C. The zero-order valence-electron chi connectivity index (χ0n) is 8.47. The number of hydrogen-bond donors (Lipinski definition) is 0. The van der Waals surface area contributed by atoms with Crippen LogP contribution in [0.3, 0.4) is 0 Å². The zero-order chi connectivity index (χ0) is 9.40. The summed E-state index contributed by atoms with van der Waals surface area (Å²) in [6.45, 7) is 5.96. The van der Waals surface area contributed by atoms with E-state index < -0.39 is 0 Å². The maximum Gasteiger partial charge on any atom is 0.135 e. The van der Waals surface area contributed by atoms with Gasteiger partial charge in [0.05, 0.1) is 0 Å². The zero-order valence-corrected chi connectivity index (χ0v) is 8.47. The minimum absolute atomic E-state index is 0.215. The quantitative estimate of drug-likeness (QED) is 0.439. The van der Waals surface area contributed by atoms with Crippen molar-refractivity contribution in [2.24, 2.45) is 5.92 Å². The molecule has 0 atom stereocenters. The van der Waals surface area contributed by atoms with E-state index in [9.17, 15) is 4.79 Å². The number of ketones is 1. The van der Waals surface area contributed by atoms with Gasteiger partial charge in [0, 0.05) is 12.3 Å². The van der Waals surface area contributed by atoms with Crippen LogP contribution in [-0.2, 0) is 4.79 Å². The first-order valence-electron chi connectivity index (χ1n) is 4.82. The van der Waals surface area contributed by atoms with Crippen LogP contribution in [0.1, 0.15) is 46.5 Å². The fourth-order valence-electron chi connectivity index (χ4n) is 1.02. The van der Waals surface area contributed by atoms with Gasteiger partial charge in [-0.1, -0.05) is 26.0 Å². The van der Waals surface area contributed by atoms with Crippen LogP contribution in [0, 0.1) is 5.92 Å². The Balaban J connectivity index is 3.26. The fraction of sp³-hybridized carbons (Fsp3) is 0.727. The third-order valence-corrected chi connectivity index (χ3v) is 1.92. The lowest BCUT2D eigenvalue weighted by Crippen LogP contribution is -2.05. The van der Waals surface area contributed by atoms with Crippen LogP contribution in [-0.4, -0.2) is 5.78 Å². The molecule has 0 aromatic heterocycles. The topological polar surface area (TPSA) is 17.1 Å². The van der Waals surface area contributed by atoms with E-state index in [2.05, 4.69) is 12.2 Å². The lowest BCUT2D eigenvalue weighted by molar-refractivity contribution is -0.122. The van der Waals surface area contributed by atoms with E-state index in [1.54, 1.807) is 0 Å². The van der Waals surface area contributed by atoms with E-state index in [0.29, 0.717) is 5.78 Å². The Labute approximate surface area is 75.9 Å². The van der Waals surface area contributed by atoms with Crippen molar-refractivity contribution >= 4 is 5.78 Å². The summed E-state index contributed by atoms with van der Waals surface area (Å²) in [5, 5.41) is 0. The maximum atomic E-state index is 11.2. The second-order valence-electron chi connectivity index (χ2n) is 3.44. The lowest BCUT2D eigenvalue weighted by atomic mass is 10.0. The van der Waals surface area contributed by atoms with Crippen molar-refractivity contribution in [2.75, 3.05) is 0 Å². The predicted molar refractivity (Wildman–Crippen MR) is 53.1 cm³/mol. The molecular weight excluding hydrogens is 148 g/mol. The van der Waals surface area contributed by atoms with Crippen LogP contribution >= 0.6 is 0 Å². The summed E-state index contributed by atoms with van der Waals surface area (Å²) >= 11 is 0. The molecule has 0 fully saturated rings. The second-order valence-corrected chi connectivity index (χ2v) is 3.44. The number of rotatable bonds is 6. The highest BCUT2D eigenvalue weighted by Crippen LogP contribution is 2.06. The van der Waals surface area contributed by atoms with E-state index in [0.717, 1.165) is 25.7 Å². The maximum absolute atomic E-state index is 11.2. The predicted octanol–water partition coefficient (Wildman–Crippen LogP) is 3.35. The van der Waals surface area contributed by atoms with Crippen molar-refractivity contribution in [1.82, 2.24) is 0 Å². The van der Waals surface area contributed by atoms with Gasteiger partial charge in [0.25, 0.3) is 0 Å². The Hall–Kier alpha value is -0.590. The smallest absolute Gasteiger partial charge is 0.135 e. The third kappa shape index (κ3) is 6.14. The molecule has 0 aromatic rings. The van der Waals surface area contributed by atoms with E-state index in [1.807, 2.05) is 20.8 Å². The van der Waals surface area contributed by atoms with Crippen molar-refractivity contribution in [3.63, 3.8) is 0 Å². The summed E-state index contributed by atoms with van der Waals surface area (Å²) in [6, 6.07) is 0. The van der Waals surface area contributed by atoms with E-state index in [1.165, 1.54) is 0 Å². The largest absolute Gasteiger partial charge is 0.299 e. The first-order valence-corrected chi connectivity index (χ1v) is 4.82. The van der Waals surface area contributed by atoms with Gasteiger partial charge in [0.2, 0.25) is 0 Å². The molecule has 1 nitrogen and oxygen atoms in total. The Bertz CT molecular complexity index is 145. The van der Waals surface area contributed by atoms with Gasteiger partial charge < -0.3 is 0 Å². The average Bonchev–Trinajstić information content (AvgIpc) is 2.03. The molecule has 0 rings (SSSR count). The van der Waals surface area contributed by atoms with Gasteiger partial charge in [0.15, 0.2) is 0 Å². The van der Waals surface area contributed by atoms with Gasteiger partial charge in [-0.05, 0) is 26.2 Å². The fourth-order valence-corrected chi connectivity index (χ4v) is 1.02. The third-order valence-electron chi connectivity index (χ3n) is 1.92. The molecule has 0 saturated heterocycles. The molecule has 0 unspecified atom stereocenters. The van der Waals surface area contributed by atoms with E-state index in [-0.39, 0.29) is 5.92 Å². The van der Waals surface area contributed by atoms with Gasteiger partial charge in [-0.25, -0.2) is 0 Å². The van der Waals surface area contributed by atoms with Gasteiger partial charge in [-0.3, -0.25) is 4.79 Å². The molecule has 0 amide bonds. The highest BCUT2D eigenvalue weighted by Gasteiger charge is 2.05. The molecule has 0 aliphatic heterocycles. The van der Waals surface area contributed by atoms with Crippen LogP contribution < -0.4 is 0 Å². The van der Waals surface area contributed by atoms with Gasteiger partial charge >= 0.3 is 0 Å². The molecule has 0 N–H and O–H groups in total. The molecule has 70 valence electrons. The Kier molecular flexibility index (Phi) is 6.73. The second kappa shape index (κ2) is 7.08. The number of hydrogen-bond acceptors (Lipinski definition) is 1. The minimum atomic E-state index is 0.215. The van der Waals surface area contributed by atoms with Crippen LogP contribution in [0.15, 0.2) is 12.2 Å². The number of allylic oxidation sites excluding steroid dienone is 2. The first-order chi connectivity index (χ1) is 5.68. The number of unbranched alkanes of at least 4 members (excludes halogenated alkanes) is 2. The molecule has 0 aliphatic carbocycles. The molecule has 0 spiro atoms. The van der Waals surface area contributed by atoms with Gasteiger partial charge in [-0.15, -0.1) is 0 Å². The number of carbonyl (C=O) groups excluding carboxylic acids is 1. The van der Waals surface area contributed by atoms with Gasteiger partial charge in [-0.2, -0.15) is 0 Å². The highest BCUT2D eigenvalue weighted by molar-refractivity contribution is 5.80. The minimum Gasteiger partial charge on any atom is -0.299 e. The molecule has 0 aliphatic rings. The Morgan fingerprint density at radius 1 is 1.33 bits per heavy atom. The van der Waals surface area contributed by atoms with Gasteiger partial charge in [0.1, 0.15) is 5.78 Å². The van der Waals surface area contributed by atoms with Crippen molar-refractivity contribution < 1.29 is 4.79 Å². The summed E-state index contributed by atoms with van der Waals surface area (Å²) in [5.41, 5.74) is 0. The molecule has 0 bridgehead atoms. The standard InChI is InChI=1S/C11H20O/c1-4-5-6-7-8-9-11(12)10(2)3/h4-5,10H,6-9H2,1-3H3/b5-4-. The lowest BCUT2D eigenvalue weighted by Gasteiger charge is -2.01. The molecule has 1 heteroatoms. The highest BCUT2D eigenvalue weighted by atomic mass is 16.1. The van der Waals surface area contributed by atoms with Crippen molar-refractivity contribution in [1.29, 1.82) is 0 Å². The normalized spacial score (nSPS) is 11.3. The summed E-state index contributed by atoms with van der Waals surface area (Å²) < 4.78 is 0. The average molecular weight is 168 g/mol. The summed E-state index contributed by atoms with van der Waals surface area (Å²) in [7, 11) is 0. The van der Waals surface area contributed by atoms with Crippen LogP contribution in [0.2, 0.25) is 0 Å². The van der Waals surface area contributed by atoms with E-state index in [4.69, 9.17) is 0 Å². The van der Waals surface area contributed by atoms with E-state index >= 15 is 0 Å². The van der Waals surface area contributed by atoms with Crippen molar-refractivity contribution in [3.05, 3.63) is 12.2 Å². The van der Waals surface area contributed by atoms with Crippen molar-refractivity contribution in [2.45, 2.75) is 46.5 Å². The monoisotopic (exact) mass is 168 g/mol. The Morgan fingerprint density at radius 2 is 2.00 bits per heavy atom.